The molecule has 0 saturated carbocycles. The van der Waals surface area contributed by atoms with Crippen LogP contribution in [-0.4, -0.2) is 36.3 Å². The van der Waals surface area contributed by atoms with Crippen molar-refractivity contribution in [2.75, 3.05) is 13.1 Å². The van der Waals surface area contributed by atoms with Crippen molar-refractivity contribution in [2.24, 2.45) is 4.99 Å². The minimum absolute atomic E-state index is 0.204. The van der Waals surface area contributed by atoms with Crippen LogP contribution < -0.4 is 4.80 Å². The molecule has 1 heterocycles. The fraction of sp³-hybridized carbons (Fsp3) is 0.360. The lowest BCUT2D eigenvalue weighted by atomic mass is 10.2. The predicted molar refractivity (Wildman–Crippen MR) is 135 cm³/mol. The Morgan fingerprint density at radius 3 is 2.30 bits per heavy atom. The molecule has 0 aliphatic rings. The van der Waals surface area contributed by atoms with Gasteiger partial charge in [-0.2, -0.15) is 9.30 Å². The molecule has 33 heavy (non-hydrogen) atoms. The zero-order chi connectivity index (χ0) is 23.8. The number of nitrogens with zero attached hydrogens (tertiary/aromatic N) is 3. The Kier molecular flexibility index (Phi) is 8.77. The number of para-hydroxylation sites is 1. The molecule has 176 valence electrons. The molecular weight excluding hydrogens is 454 g/mol. The van der Waals surface area contributed by atoms with Gasteiger partial charge in [0.05, 0.1) is 15.1 Å². The molecule has 3 rings (SSSR count). The van der Waals surface area contributed by atoms with Gasteiger partial charge < -0.3 is 4.57 Å². The monoisotopic (exact) mass is 485 g/mol. The second-order valence-electron chi connectivity index (χ2n) is 7.80. The van der Waals surface area contributed by atoms with Gasteiger partial charge in [-0.15, -0.1) is 6.58 Å². The van der Waals surface area contributed by atoms with Gasteiger partial charge in [-0.25, -0.2) is 8.42 Å². The average Bonchev–Trinajstić information content (AvgIpc) is 3.16. The van der Waals surface area contributed by atoms with Crippen molar-refractivity contribution in [2.45, 2.75) is 51.0 Å². The van der Waals surface area contributed by atoms with Crippen LogP contribution in [0.3, 0.4) is 0 Å². The molecule has 1 aromatic heterocycles. The molecule has 8 heteroatoms. The third-order valence-corrected chi connectivity index (χ3v) is 8.33. The van der Waals surface area contributed by atoms with Crippen LogP contribution in [0.15, 0.2) is 71.1 Å². The second-order valence-corrected chi connectivity index (χ2v) is 10.8. The molecule has 0 aliphatic heterocycles. The number of aromatic nitrogens is 1. The van der Waals surface area contributed by atoms with Crippen molar-refractivity contribution < 1.29 is 13.2 Å². The lowest BCUT2D eigenvalue weighted by Gasteiger charge is -2.22. The molecule has 0 atom stereocenters. The number of benzene rings is 2. The quantitative estimate of drug-likeness (QED) is 0.350. The molecule has 0 bridgehead atoms. The van der Waals surface area contributed by atoms with Gasteiger partial charge in [0, 0.05) is 25.2 Å². The Balaban J connectivity index is 1.89. The summed E-state index contributed by atoms with van der Waals surface area (Å²) in [7, 11) is -3.60. The summed E-state index contributed by atoms with van der Waals surface area (Å²) in [6.07, 6.45) is 5.26. The zero-order valence-corrected chi connectivity index (χ0v) is 20.9. The van der Waals surface area contributed by atoms with Crippen molar-refractivity contribution in [1.29, 1.82) is 0 Å². The first kappa shape index (κ1) is 25.1. The lowest BCUT2D eigenvalue weighted by Crippen LogP contribution is -2.33. The molecule has 6 nitrogen and oxygen atoms in total. The highest BCUT2D eigenvalue weighted by Gasteiger charge is 2.23. The molecular formula is C25H31N3O3S2. The summed E-state index contributed by atoms with van der Waals surface area (Å²) in [6, 6.07) is 14.0. The number of unbranched alkanes of at least 4 members (excludes halogenated alkanes) is 2. The molecule has 0 radical (unpaired) electrons. The summed E-state index contributed by atoms with van der Waals surface area (Å²) in [5.41, 5.74) is 1.35. The molecule has 0 fully saturated rings. The van der Waals surface area contributed by atoms with E-state index in [1.807, 2.05) is 42.7 Å². The summed E-state index contributed by atoms with van der Waals surface area (Å²) < 4.78 is 30.8. The highest BCUT2D eigenvalue weighted by molar-refractivity contribution is 7.89. The van der Waals surface area contributed by atoms with Gasteiger partial charge in [-0.1, -0.05) is 56.2 Å². The molecule has 0 aliphatic carbocycles. The van der Waals surface area contributed by atoms with Crippen LogP contribution in [0, 0.1) is 0 Å². The highest BCUT2D eigenvalue weighted by atomic mass is 32.2. The number of fused-ring (bicyclic) bond motifs is 1. The van der Waals surface area contributed by atoms with E-state index in [0.717, 1.165) is 35.9 Å². The first-order valence-corrected chi connectivity index (χ1v) is 13.6. The smallest absolute Gasteiger partial charge is 0.279 e. The number of carbonyl (C=O) groups is 1. The van der Waals surface area contributed by atoms with Crippen molar-refractivity contribution >= 4 is 37.5 Å². The maximum absolute atomic E-state index is 13.1. The number of amides is 1. The average molecular weight is 486 g/mol. The SMILES string of the molecule is C=CCn1c(=NC(=O)c2ccc(S(=O)(=O)N(CCCC)CCCC)cc2)sc2ccccc21. The third-order valence-electron chi connectivity index (χ3n) is 5.36. The molecule has 0 N–H and O–H groups in total. The molecule has 0 unspecified atom stereocenters. The fourth-order valence-corrected chi connectivity index (χ4v) is 6.06. The van der Waals surface area contributed by atoms with Gasteiger partial charge in [-0.3, -0.25) is 4.79 Å². The maximum atomic E-state index is 13.1. The Bertz CT molecular complexity index is 1260. The molecule has 2 aromatic carbocycles. The summed E-state index contributed by atoms with van der Waals surface area (Å²) in [4.78, 5) is 18.0. The first-order valence-electron chi connectivity index (χ1n) is 11.3. The van der Waals surface area contributed by atoms with E-state index in [1.54, 1.807) is 22.5 Å². The normalized spacial score (nSPS) is 12.5. The van der Waals surface area contributed by atoms with Crippen LogP contribution >= 0.6 is 11.3 Å². The number of hydrogen-bond donors (Lipinski definition) is 0. The van der Waals surface area contributed by atoms with Gasteiger partial charge in [0.25, 0.3) is 5.91 Å². The van der Waals surface area contributed by atoms with Crippen LogP contribution in [-0.2, 0) is 16.6 Å². The Hall–Kier alpha value is -2.55. The van der Waals surface area contributed by atoms with E-state index in [-0.39, 0.29) is 4.90 Å². The summed E-state index contributed by atoms with van der Waals surface area (Å²) in [5.74, 6) is -0.405. The van der Waals surface area contributed by atoms with E-state index in [1.165, 1.54) is 23.5 Å². The molecule has 0 saturated heterocycles. The van der Waals surface area contributed by atoms with E-state index in [2.05, 4.69) is 11.6 Å². The summed E-state index contributed by atoms with van der Waals surface area (Å²) in [5, 5.41) is 0. The van der Waals surface area contributed by atoms with Crippen molar-refractivity contribution in [3.8, 4) is 0 Å². The van der Waals surface area contributed by atoms with E-state index < -0.39 is 15.9 Å². The van der Waals surface area contributed by atoms with Crippen LogP contribution in [0.4, 0.5) is 0 Å². The number of sulfonamides is 1. The van der Waals surface area contributed by atoms with Gasteiger partial charge >= 0.3 is 0 Å². The van der Waals surface area contributed by atoms with Crippen molar-refractivity contribution in [3.05, 3.63) is 71.6 Å². The lowest BCUT2D eigenvalue weighted by molar-refractivity contribution is 0.0997. The van der Waals surface area contributed by atoms with Gasteiger partial charge in [0.1, 0.15) is 0 Å². The van der Waals surface area contributed by atoms with E-state index in [0.29, 0.717) is 30.0 Å². The van der Waals surface area contributed by atoms with Gasteiger partial charge in [0.15, 0.2) is 4.80 Å². The number of rotatable bonds is 11. The second kappa shape index (κ2) is 11.5. The van der Waals surface area contributed by atoms with E-state index in [9.17, 15) is 13.2 Å². The Labute approximate surface area is 200 Å². The molecule has 3 aromatic rings. The van der Waals surface area contributed by atoms with Crippen LogP contribution in [0.1, 0.15) is 49.9 Å². The minimum atomic E-state index is -3.60. The predicted octanol–water partition coefficient (Wildman–Crippen LogP) is 5.22. The summed E-state index contributed by atoms with van der Waals surface area (Å²) in [6.45, 7) is 9.44. The number of hydrogen-bond acceptors (Lipinski definition) is 4. The number of carbonyl (C=O) groups excluding carboxylic acids is 1. The van der Waals surface area contributed by atoms with Gasteiger partial charge in [-0.05, 0) is 49.2 Å². The fourth-order valence-electron chi connectivity index (χ4n) is 3.50. The topological polar surface area (TPSA) is 71.7 Å². The van der Waals surface area contributed by atoms with Crippen molar-refractivity contribution in [3.63, 3.8) is 0 Å². The first-order chi connectivity index (χ1) is 15.9. The molecule has 0 spiro atoms. The number of thiazole rings is 1. The number of allylic oxidation sites excluding steroid dienone is 1. The van der Waals surface area contributed by atoms with Gasteiger partial charge in [0.2, 0.25) is 10.0 Å². The Morgan fingerprint density at radius 1 is 1.06 bits per heavy atom. The Morgan fingerprint density at radius 2 is 1.70 bits per heavy atom. The van der Waals surface area contributed by atoms with Crippen LogP contribution in [0.25, 0.3) is 10.2 Å². The van der Waals surface area contributed by atoms with Crippen LogP contribution in [0.5, 0.6) is 0 Å². The van der Waals surface area contributed by atoms with E-state index in [4.69, 9.17) is 0 Å². The standard InChI is InChI=1S/C25H31N3O3S2/c1-4-7-18-27(19-8-5-2)33(30,31)21-15-13-20(14-16-21)24(29)26-25-28(17-6-3)22-11-9-10-12-23(22)32-25/h6,9-16H,3-5,7-8,17-19H2,1-2H3. The zero-order valence-electron chi connectivity index (χ0n) is 19.2. The van der Waals surface area contributed by atoms with Crippen LogP contribution in [0.2, 0.25) is 0 Å². The third kappa shape index (κ3) is 5.88. The summed E-state index contributed by atoms with van der Waals surface area (Å²) >= 11 is 1.44. The van der Waals surface area contributed by atoms with Crippen molar-refractivity contribution in [1.82, 2.24) is 8.87 Å². The highest BCUT2D eigenvalue weighted by Crippen LogP contribution is 2.19. The largest absolute Gasteiger partial charge is 0.312 e. The van der Waals surface area contributed by atoms with E-state index >= 15 is 0 Å². The molecule has 1 amide bonds. The minimum Gasteiger partial charge on any atom is -0.312 e. The maximum Gasteiger partial charge on any atom is 0.279 e.